The predicted molar refractivity (Wildman–Crippen MR) is 124 cm³/mol. The second kappa shape index (κ2) is 11.1. The molecule has 0 bridgehead atoms. The lowest BCUT2D eigenvalue weighted by Crippen LogP contribution is -2.48. The van der Waals surface area contributed by atoms with Crippen LogP contribution in [0.15, 0.2) is 35.4 Å². The topological polar surface area (TPSA) is 132 Å². The number of hydrazone groups is 1. The number of carbonyl (C=O) groups excluding carboxylic acids is 4. The molecule has 34 heavy (non-hydrogen) atoms. The maximum atomic E-state index is 12.9. The zero-order chi connectivity index (χ0) is 25.5. The highest BCUT2D eigenvalue weighted by atomic mass is 16.6. The van der Waals surface area contributed by atoms with E-state index in [0.717, 1.165) is 5.56 Å². The third-order valence-electron chi connectivity index (χ3n) is 4.47. The Morgan fingerprint density at radius 3 is 2.26 bits per heavy atom. The summed E-state index contributed by atoms with van der Waals surface area (Å²) < 4.78 is 15.9. The van der Waals surface area contributed by atoms with Gasteiger partial charge in [0, 0.05) is 12.3 Å². The van der Waals surface area contributed by atoms with Gasteiger partial charge in [-0.25, -0.2) is 19.8 Å². The minimum atomic E-state index is -1.19. The number of carbonyl (C=O) groups is 4. The Kier molecular flexibility index (Phi) is 8.78. The summed E-state index contributed by atoms with van der Waals surface area (Å²) in [5, 5.41) is 6.28. The quantitative estimate of drug-likeness (QED) is 0.458. The third-order valence-corrected chi connectivity index (χ3v) is 4.47. The van der Waals surface area contributed by atoms with E-state index >= 15 is 0 Å². The first-order valence-corrected chi connectivity index (χ1v) is 11.0. The monoisotopic (exact) mass is 475 g/mol. The molecule has 0 saturated heterocycles. The Balaban J connectivity index is 2.13. The minimum absolute atomic E-state index is 0.00630. The number of nitrogens with zero attached hydrogens (tertiary/aromatic N) is 1. The highest BCUT2D eigenvalue weighted by Crippen LogP contribution is 2.20. The second-order valence-electron chi connectivity index (χ2n) is 9.97. The van der Waals surface area contributed by atoms with Gasteiger partial charge in [-0.15, -0.1) is 0 Å². The van der Waals surface area contributed by atoms with Crippen LogP contribution in [0.2, 0.25) is 0 Å². The Morgan fingerprint density at radius 1 is 1.06 bits per heavy atom. The van der Waals surface area contributed by atoms with Crippen molar-refractivity contribution in [2.45, 2.75) is 78.2 Å². The van der Waals surface area contributed by atoms with Crippen molar-refractivity contribution in [3.63, 3.8) is 0 Å². The van der Waals surface area contributed by atoms with Crippen LogP contribution >= 0.6 is 0 Å². The van der Waals surface area contributed by atoms with Gasteiger partial charge < -0.3 is 19.5 Å². The molecule has 10 nitrogen and oxygen atoms in total. The zero-order valence-corrected chi connectivity index (χ0v) is 20.5. The number of benzene rings is 1. The minimum Gasteiger partial charge on any atom is -0.459 e. The summed E-state index contributed by atoms with van der Waals surface area (Å²) in [6.45, 7) is 10.2. The first-order chi connectivity index (χ1) is 15.7. The molecular weight excluding hydrogens is 442 g/mol. The van der Waals surface area contributed by atoms with E-state index in [1.807, 2.05) is 18.2 Å². The standard InChI is InChI=1S/C24H33N3O7/c1-23(2,3)33-21(30)18-13-16(19(28)27-26-18)12-17(25-22(31)34-24(4,5)6)20(29)32-14-15-10-8-7-9-11-15/h7-11,16-17H,12-14H2,1-6H3,(H,25,31)(H,27,28)/t16-,17-/m0/s1. The summed E-state index contributed by atoms with van der Waals surface area (Å²) in [6, 6.07) is 7.85. The molecule has 2 rings (SSSR count). The molecule has 10 heteroatoms. The molecule has 2 amide bonds. The van der Waals surface area contributed by atoms with Crippen molar-refractivity contribution in [3.05, 3.63) is 35.9 Å². The van der Waals surface area contributed by atoms with Crippen LogP contribution in [0.25, 0.3) is 0 Å². The number of nitrogens with one attached hydrogen (secondary N) is 2. The molecular formula is C24H33N3O7. The lowest BCUT2D eigenvalue weighted by Gasteiger charge is -2.27. The lowest BCUT2D eigenvalue weighted by atomic mass is 9.92. The normalized spacial score (nSPS) is 17.1. The van der Waals surface area contributed by atoms with Crippen LogP contribution in [-0.2, 0) is 35.2 Å². The van der Waals surface area contributed by atoms with Crippen LogP contribution < -0.4 is 10.7 Å². The molecule has 0 aliphatic carbocycles. The van der Waals surface area contributed by atoms with Crippen molar-refractivity contribution < 1.29 is 33.4 Å². The van der Waals surface area contributed by atoms with Gasteiger partial charge in [0.2, 0.25) is 5.91 Å². The fourth-order valence-corrected chi connectivity index (χ4v) is 3.02. The lowest BCUT2D eigenvalue weighted by molar-refractivity contribution is -0.148. The molecule has 1 heterocycles. The average Bonchev–Trinajstić information content (AvgIpc) is 2.71. The maximum Gasteiger partial charge on any atom is 0.408 e. The maximum absolute atomic E-state index is 12.9. The smallest absolute Gasteiger partial charge is 0.408 e. The first kappa shape index (κ1) is 26.8. The van der Waals surface area contributed by atoms with Gasteiger partial charge in [0.05, 0.1) is 0 Å². The van der Waals surface area contributed by atoms with E-state index in [1.54, 1.807) is 53.7 Å². The summed E-state index contributed by atoms with van der Waals surface area (Å²) in [5.74, 6) is -2.71. The van der Waals surface area contributed by atoms with E-state index in [9.17, 15) is 19.2 Å². The van der Waals surface area contributed by atoms with Crippen molar-refractivity contribution in [1.82, 2.24) is 10.7 Å². The molecule has 0 saturated carbocycles. The van der Waals surface area contributed by atoms with Crippen LogP contribution in [0.1, 0.15) is 59.9 Å². The Bertz CT molecular complexity index is 930. The van der Waals surface area contributed by atoms with Crippen LogP contribution in [0.3, 0.4) is 0 Å². The molecule has 2 N–H and O–H groups in total. The molecule has 0 fully saturated rings. The summed E-state index contributed by atoms with van der Waals surface area (Å²) >= 11 is 0. The van der Waals surface area contributed by atoms with E-state index in [-0.39, 0.29) is 25.2 Å². The average molecular weight is 476 g/mol. The first-order valence-electron chi connectivity index (χ1n) is 11.0. The van der Waals surface area contributed by atoms with E-state index < -0.39 is 47.1 Å². The van der Waals surface area contributed by atoms with E-state index in [4.69, 9.17) is 14.2 Å². The van der Waals surface area contributed by atoms with Gasteiger partial charge in [-0.05, 0) is 53.5 Å². The number of alkyl carbamates (subject to hydrolysis) is 1. The molecule has 0 spiro atoms. The van der Waals surface area contributed by atoms with Crippen molar-refractivity contribution in [1.29, 1.82) is 0 Å². The van der Waals surface area contributed by atoms with E-state index in [1.165, 1.54) is 0 Å². The summed E-state index contributed by atoms with van der Waals surface area (Å²) in [4.78, 5) is 50.0. The van der Waals surface area contributed by atoms with Gasteiger partial charge in [0.25, 0.3) is 0 Å². The molecule has 1 aromatic carbocycles. The number of amides is 2. The van der Waals surface area contributed by atoms with Crippen molar-refractivity contribution in [2.75, 3.05) is 0 Å². The Hall–Kier alpha value is -3.43. The molecule has 1 aliphatic heterocycles. The molecule has 0 aromatic heterocycles. The molecule has 1 aliphatic rings. The zero-order valence-electron chi connectivity index (χ0n) is 20.5. The summed E-state index contributed by atoms with van der Waals surface area (Å²) in [5.41, 5.74) is 1.55. The number of ether oxygens (including phenoxy) is 3. The van der Waals surface area contributed by atoms with Gasteiger partial charge in [0.1, 0.15) is 29.6 Å². The molecule has 186 valence electrons. The van der Waals surface area contributed by atoms with Crippen molar-refractivity contribution in [2.24, 2.45) is 11.0 Å². The highest BCUT2D eigenvalue weighted by molar-refractivity contribution is 6.37. The van der Waals surface area contributed by atoms with Crippen molar-refractivity contribution in [3.8, 4) is 0 Å². The van der Waals surface area contributed by atoms with Gasteiger partial charge in [-0.2, -0.15) is 5.10 Å². The van der Waals surface area contributed by atoms with Gasteiger partial charge >= 0.3 is 18.0 Å². The number of esters is 2. The predicted octanol–water partition coefficient (Wildman–Crippen LogP) is 2.85. The Labute approximate surface area is 199 Å². The largest absolute Gasteiger partial charge is 0.459 e. The Morgan fingerprint density at radius 2 is 1.68 bits per heavy atom. The number of hydrogen-bond donors (Lipinski definition) is 2. The molecule has 0 unspecified atom stereocenters. The highest BCUT2D eigenvalue weighted by Gasteiger charge is 2.36. The summed E-state index contributed by atoms with van der Waals surface area (Å²) in [7, 11) is 0. The fraction of sp³-hybridized carbons (Fsp3) is 0.542. The van der Waals surface area contributed by atoms with Gasteiger partial charge in [-0.3, -0.25) is 4.79 Å². The van der Waals surface area contributed by atoms with Gasteiger partial charge in [-0.1, -0.05) is 30.3 Å². The third kappa shape index (κ3) is 9.21. The molecule has 1 aromatic rings. The van der Waals surface area contributed by atoms with Crippen LogP contribution in [0, 0.1) is 5.92 Å². The van der Waals surface area contributed by atoms with Crippen LogP contribution in [0.4, 0.5) is 4.79 Å². The molecule has 2 atom stereocenters. The fourth-order valence-electron chi connectivity index (χ4n) is 3.02. The van der Waals surface area contributed by atoms with Crippen LogP contribution in [-0.4, -0.2) is 46.9 Å². The van der Waals surface area contributed by atoms with Crippen molar-refractivity contribution >= 4 is 29.7 Å². The van der Waals surface area contributed by atoms with E-state index in [0.29, 0.717) is 0 Å². The second-order valence-corrected chi connectivity index (χ2v) is 9.97. The van der Waals surface area contributed by atoms with E-state index in [2.05, 4.69) is 15.8 Å². The SMILES string of the molecule is CC(C)(C)OC(=O)N[C@@H](C[C@H]1CC(C(=O)OC(C)(C)C)=NNC1=O)C(=O)OCc1ccccc1. The molecule has 0 radical (unpaired) electrons. The summed E-state index contributed by atoms with van der Waals surface area (Å²) in [6.07, 6.45) is -1.01. The number of hydrogen-bond acceptors (Lipinski definition) is 8. The van der Waals surface area contributed by atoms with Gasteiger partial charge in [0.15, 0.2) is 0 Å². The number of rotatable bonds is 7. The van der Waals surface area contributed by atoms with Crippen LogP contribution in [0.5, 0.6) is 0 Å².